The zero-order valence-corrected chi connectivity index (χ0v) is 9.45. The normalized spacial score (nSPS) is 22.2. The van der Waals surface area contributed by atoms with Gasteiger partial charge in [-0.25, -0.2) is 4.39 Å². The molecule has 0 radical (unpaired) electrons. The summed E-state index contributed by atoms with van der Waals surface area (Å²) in [5, 5.41) is 3.30. The van der Waals surface area contributed by atoms with E-state index in [4.69, 9.17) is 4.74 Å². The molecule has 88 valence electrons. The van der Waals surface area contributed by atoms with Crippen LogP contribution >= 0.6 is 0 Å². The lowest BCUT2D eigenvalue weighted by atomic mass is 9.95. The Morgan fingerprint density at radius 2 is 2.56 bits per heavy atom. The molecule has 1 aromatic rings. The first-order chi connectivity index (χ1) is 7.83. The van der Waals surface area contributed by atoms with Crippen LogP contribution in [-0.4, -0.2) is 24.7 Å². The Bertz CT molecular complexity index is 340. The van der Waals surface area contributed by atoms with Crippen LogP contribution in [0.5, 0.6) is 0 Å². The van der Waals surface area contributed by atoms with Crippen molar-refractivity contribution in [2.75, 3.05) is 19.8 Å². The summed E-state index contributed by atoms with van der Waals surface area (Å²) in [6.07, 6.45) is 2.60. The molecule has 0 aromatic carbocycles. The summed E-state index contributed by atoms with van der Waals surface area (Å²) in [5.74, 6) is 0.0877. The lowest BCUT2D eigenvalue weighted by Gasteiger charge is -2.22. The van der Waals surface area contributed by atoms with Crippen LogP contribution in [0.4, 0.5) is 4.39 Å². The van der Waals surface area contributed by atoms with E-state index in [1.807, 2.05) is 6.92 Å². The second-order valence-corrected chi connectivity index (χ2v) is 4.03. The highest BCUT2D eigenvalue weighted by Gasteiger charge is 2.29. The molecule has 1 saturated heterocycles. The Morgan fingerprint density at radius 3 is 3.19 bits per heavy atom. The zero-order valence-electron chi connectivity index (χ0n) is 9.45. The van der Waals surface area contributed by atoms with Crippen molar-refractivity contribution >= 4 is 0 Å². The summed E-state index contributed by atoms with van der Waals surface area (Å²) in [6.45, 7) is 4.27. The maximum absolute atomic E-state index is 13.7. The number of aromatic nitrogens is 1. The van der Waals surface area contributed by atoms with Crippen LogP contribution in [-0.2, 0) is 4.74 Å². The first-order valence-corrected chi connectivity index (χ1v) is 5.74. The van der Waals surface area contributed by atoms with E-state index in [2.05, 4.69) is 10.3 Å². The smallest absolute Gasteiger partial charge is 0.146 e. The highest BCUT2D eigenvalue weighted by Crippen LogP contribution is 2.28. The average Bonchev–Trinajstić information content (AvgIpc) is 2.80. The molecule has 1 aromatic heterocycles. The van der Waals surface area contributed by atoms with Gasteiger partial charge >= 0.3 is 0 Å². The number of hydrogen-bond acceptors (Lipinski definition) is 3. The molecule has 0 spiro atoms. The monoisotopic (exact) mass is 224 g/mol. The van der Waals surface area contributed by atoms with Crippen molar-refractivity contribution in [2.24, 2.45) is 5.92 Å². The molecule has 1 fully saturated rings. The second-order valence-electron chi connectivity index (χ2n) is 4.03. The minimum atomic E-state index is -0.236. The Kier molecular flexibility index (Phi) is 3.85. The fourth-order valence-corrected chi connectivity index (χ4v) is 2.15. The molecule has 1 aliphatic rings. The van der Waals surface area contributed by atoms with Crippen molar-refractivity contribution in [2.45, 2.75) is 19.4 Å². The van der Waals surface area contributed by atoms with E-state index in [0.717, 1.165) is 19.6 Å². The SMILES string of the molecule is CCNC(c1ncccc1F)C1CCOC1. The maximum atomic E-state index is 13.7. The second kappa shape index (κ2) is 5.37. The number of halogens is 1. The summed E-state index contributed by atoms with van der Waals surface area (Å²) in [6, 6.07) is 3.05. The summed E-state index contributed by atoms with van der Waals surface area (Å²) >= 11 is 0. The first-order valence-electron chi connectivity index (χ1n) is 5.74. The summed E-state index contributed by atoms with van der Waals surface area (Å²) in [7, 11) is 0. The molecule has 1 N–H and O–H groups in total. The van der Waals surface area contributed by atoms with Crippen LogP contribution in [0.1, 0.15) is 25.1 Å². The van der Waals surface area contributed by atoms with Crippen LogP contribution in [0.25, 0.3) is 0 Å². The van der Waals surface area contributed by atoms with Gasteiger partial charge in [0.15, 0.2) is 0 Å². The van der Waals surface area contributed by atoms with E-state index in [9.17, 15) is 4.39 Å². The van der Waals surface area contributed by atoms with Gasteiger partial charge in [-0.15, -0.1) is 0 Å². The van der Waals surface area contributed by atoms with Crippen molar-refractivity contribution < 1.29 is 9.13 Å². The molecule has 0 saturated carbocycles. The third kappa shape index (κ3) is 2.39. The minimum Gasteiger partial charge on any atom is -0.381 e. The molecular formula is C12H17FN2O. The van der Waals surface area contributed by atoms with Crippen LogP contribution in [0.2, 0.25) is 0 Å². The third-order valence-corrected chi connectivity index (χ3v) is 2.94. The molecule has 16 heavy (non-hydrogen) atoms. The van der Waals surface area contributed by atoms with Gasteiger partial charge in [0.2, 0.25) is 0 Å². The number of pyridine rings is 1. The summed E-state index contributed by atoms with van der Waals surface area (Å²) in [4.78, 5) is 4.15. The Balaban J connectivity index is 2.21. The standard InChI is InChI=1S/C12H17FN2O/c1-2-14-11(9-5-7-16-8-9)12-10(13)4-3-6-15-12/h3-4,6,9,11,14H,2,5,7-8H2,1H3. The summed E-state index contributed by atoms with van der Waals surface area (Å²) in [5.41, 5.74) is 0.514. The lowest BCUT2D eigenvalue weighted by molar-refractivity contribution is 0.176. The van der Waals surface area contributed by atoms with Crippen LogP contribution < -0.4 is 5.32 Å². The molecule has 0 aliphatic carbocycles. The molecule has 2 heterocycles. The van der Waals surface area contributed by atoms with Gasteiger partial charge in [0, 0.05) is 18.7 Å². The van der Waals surface area contributed by atoms with E-state index >= 15 is 0 Å². The van der Waals surface area contributed by atoms with Gasteiger partial charge < -0.3 is 10.1 Å². The van der Waals surface area contributed by atoms with Crippen molar-refractivity contribution in [1.82, 2.24) is 10.3 Å². The van der Waals surface area contributed by atoms with Gasteiger partial charge in [0.25, 0.3) is 0 Å². The van der Waals surface area contributed by atoms with Gasteiger partial charge in [-0.2, -0.15) is 0 Å². The number of nitrogens with one attached hydrogen (secondary N) is 1. The highest BCUT2D eigenvalue weighted by atomic mass is 19.1. The van der Waals surface area contributed by atoms with Crippen LogP contribution in [0.3, 0.4) is 0 Å². The number of nitrogens with zero attached hydrogens (tertiary/aromatic N) is 1. The molecule has 1 aliphatic heterocycles. The maximum Gasteiger partial charge on any atom is 0.146 e. The van der Waals surface area contributed by atoms with E-state index < -0.39 is 0 Å². The Morgan fingerprint density at radius 1 is 1.69 bits per heavy atom. The third-order valence-electron chi connectivity index (χ3n) is 2.94. The van der Waals surface area contributed by atoms with Crippen molar-refractivity contribution in [3.63, 3.8) is 0 Å². The topological polar surface area (TPSA) is 34.2 Å². The van der Waals surface area contributed by atoms with Crippen LogP contribution in [0, 0.1) is 11.7 Å². The predicted octanol–water partition coefficient (Wildman–Crippen LogP) is 1.91. The van der Waals surface area contributed by atoms with Crippen LogP contribution in [0.15, 0.2) is 18.3 Å². The molecule has 2 rings (SSSR count). The van der Waals surface area contributed by atoms with Gasteiger partial charge in [-0.1, -0.05) is 6.92 Å². The van der Waals surface area contributed by atoms with E-state index in [1.165, 1.54) is 6.07 Å². The quantitative estimate of drug-likeness (QED) is 0.848. The lowest BCUT2D eigenvalue weighted by Crippen LogP contribution is -2.30. The molecule has 2 atom stereocenters. The van der Waals surface area contributed by atoms with Gasteiger partial charge in [0.05, 0.1) is 18.3 Å². The molecular weight excluding hydrogens is 207 g/mol. The number of hydrogen-bond donors (Lipinski definition) is 1. The number of ether oxygens (including phenoxy) is 1. The van der Waals surface area contributed by atoms with E-state index in [-0.39, 0.29) is 11.9 Å². The van der Waals surface area contributed by atoms with Crippen molar-refractivity contribution in [1.29, 1.82) is 0 Å². The Labute approximate surface area is 95.0 Å². The van der Waals surface area contributed by atoms with Gasteiger partial charge in [0.1, 0.15) is 5.82 Å². The average molecular weight is 224 g/mol. The predicted molar refractivity (Wildman–Crippen MR) is 59.5 cm³/mol. The molecule has 3 nitrogen and oxygen atoms in total. The molecule has 0 bridgehead atoms. The highest BCUT2D eigenvalue weighted by molar-refractivity contribution is 5.13. The summed E-state index contributed by atoms with van der Waals surface area (Å²) < 4.78 is 19.0. The van der Waals surface area contributed by atoms with Gasteiger partial charge in [-0.05, 0) is 25.1 Å². The van der Waals surface area contributed by atoms with E-state index in [1.54, 1.807) is 12.3 Å². The van der Waals surface area contributed by atoms with E-state index in [0.29, 0.717) is 18.2 Å². The molecule has 4 heteroatoms. The molecule has 0 amide bonds. The largest absolute Gasteiger partial charge is 0.381 e. The molecule has 2 unspecified atom stereocenters. The fourth-order valence-electron chi connectivity index (χ4n) is 2.15. The first kappa shape index (κ1) is 11.5. The fraction of sp³-hybridized carbons (Fsp3) is 0.583. The minimum absolute atomic E-state index is 0.0336. The zero-order chi connectivity index (χ0) is 11.4. The van der Waals surface area contributed by atoms with Gasteiger partial charge in [-0.3, -0.25) is 4.98 Å². The Hall–Kier alpha value is -1.00. The van der Waals surface area contributed by atoms with Crippen molar-refractivity contribution in [3.05, 3.63) is 29.8 Å². The van der Waals surface area contributed by atoms with Crippen molar-refractivity contribution in [3.8, 4) is 0 Å². The number of rotatable bonds is 4.